The van der Waals surface area contributed by atoms with Gasteiger partial charge < -0.3 is 0 Å². The monoisotopic (exact) mass is 236 g/mol. The Balaban J connectivity index is 2.57. The molecular weight excluding hydrogens is 224 g/mol. The molecule has 2 aromatic heterocycles. The molecule has 0 amide bonds. The van der Waals surface area contributed by atoms with Gasteiger partial charge in [0.15, 0.2) is 5.82 Å². The Bertz CT molecular complexity index is 495. The van der Waals surface area contributed by atoms with Crippen molar-refractivity contribution >= 4 is 11.6 Å². The third-order valence-electron chi connectivity index (χ3n) is 2.57. The fourth-order valence-corrected chi connectivity index (χ4v) is 2.02. The molecule has 0 aliphatic heterocycles. The van der Waals surface area contributed by atoms with Gasteiger partial charge in [-0.25, -0.2) is 9.97 Å². The van der Waals surface area contributed by atoms with Crippen molar-refractivity contribution in [2.75, 3.05) is 0 Å². The van der Waals surface area contributed by atoms with E-state index in [4.69, 9.17) is 11.6 Å². The van der Waals surface area contributed by atoms with Crippen LogP contribution >= 0.6 is 11.6 Å². The van der Waals surface area contributed by atoms with Gasteiger partial charge in [-0.05, 0) is 19.4 Å². The first kappa shape index (κ1) is 11.1. The van der Waals surface area contributed by atoms with Crippen LogP contribution in [-0.4, -0.2) is 19.7 Å². The molecule has 0 spiro atoms. The second-order valence-electron chi connectivity index (χ2n) is 3.60. The molecule has 2 heterocycles. The van der Waals surface area contributed by atoms with Crippen LogP contribution in [0.1, 0.15) is 18.2 Å². The van der Waals surface area contributed by atoms with Crippen molar-refractivity contribution in [3.05, 3.63) is 28.7 Å². The summed E-state index contributed by atoms with van der Waals surface area (Å²) in [5, 5.41) is 4.62. The van der Waals surface area contributed by atoms with Gasteiger partial charge in [-0.15, -0.1) is 0 Å². The van der Waals surface area contributed by atoms with Crippen LogP contribution in [0.15, 0.2) is 12.3 Å². The smallest absolute Gasteiger partial charge is 0.179 e. The summed E-state index contributed by atoms with van der Waals surface area (Å²) >= 11 is 6.12. The minimum absolute atomic E-state index is 0.534. The highest BCUT2D eigenvalue weighted by molar-refractivity contribution is 6.30. The number of aryl methyl sites for hydroxylation is 2. The van der Waals surface area contributed by atoms with Gasteiger partial charge in [-0.1, -0.05) is 18.5 Å². The van der Waals surface area contributed by atoms with Crippen molar-refractivity contribution in [1.29, 1.82) is 0 Å². The predicted molar refractivity (Wildman–Crippen MR) is 63.4 cm³/mol. The molecular formula is C11H13ClN4. The first-order valence-corrected chi connectivity index (χ1v) is 5.52. The Hall–Kier alpha value is -1.42. The van der Waals surface area contributed by atoms with Crippen LogP contribution in [0, 0.1) is 6.92 Å². The minimum Gasteiger partial charge on any atom is -0.265 e. The van der Waals surface area contributed by atoms with Crippen molar-refractivity contribution < 1.29 is 0 Å². The van der Waals surface area contributed by atoms with E-state index in [0.29, 0.717) is 11.0 Å². The third-order valence-corrected chi connectivity index (χ3v) is 2.88. The maximum absolute atomic E-state index is 6.12. The minimum atomic E-state index is 0.534. The summed E-state index contributed by atoms with van der Waals surface area (Å²) < 4.78 is 1.73. The fraction of sp³-hybridized carbons (Fsp3) is 0.364. The molecule has 16 heavy (non-hydrogen) atoms. The number of rotatable bonds is 2. The van der Waals surface area contributed by atoms with Crippen LogP contribution in [-0.2, 0) is 13.5 Å². The van der Waals surface area contributed by atoms with Gasteiger partial charge in [0, 0.05) is 24.5 Å². The van der Waals surface area contributed by atoms with Crippen molar-refractivity contribution in [2.45, 2.75) is 20.3 Å². The number of halogens is 1. The average Bonchev–Trinajstić information content (AvgIpc) is 2.64. The van der Waals surface area contributed by atoms with Gasteiger partial charge in [-0.2, -0.15) is 5.10 Å². The third kappa shape index (κ3) is 1.80. The van der Waals surface area contributed by atoms with Gasteiger partial charge in [0.05, 0.1) is 0 Å². The number of nitrogens with zero attached hydrogens (tertiary/aromatic N) is 4. The van der Waals surface area contributed by atoms with Crippen LogP contribution in [0.5, 0.6) is 0 Å². The summed E-state index contributed by atoms with van der Waals surface area (Å²) in [5.41, 5.74) is 2.80. The normalized spacial score (nSPS) is 10.8. The zero-order valence-corrected chi connectivity index (χ0v) is 10.3. The molecule has 0 aromatic carbocycles. The molecule has 2 rings (SSSR count). The number of hydrogen-bond donors (Lipinski definition) is 0. The fourth-order valence-electron chi connectivity index (χ4n) is 1.67. The Morgan fingerprint density at radius 2 is 2.12 bits per heavy atom. The molecule has 0 aliphatic rings. The summed E-state index contributed by atoms with van der Waals surface area (Å²) in [6.07, 6.45) is 2.56. The van der Waals surface area contributed by atoms with Crippen LogP contribution < -0.4 is 0 Å². The van der Waals surface area contributed by atoms with E-state index >= 15 is 0 Å². The SMILES string of the molecule is CCc1c(C)nc(-c2ccnn2C)nc1Cl. The summed E-state index contributed by atoms with van der Waals surface area (Å²) in [5.74, 6) is 0.625. The molecule has 0 fully saturated rings. The Kier molecular flexibility index (Phi) is 2.92. The molecule has 0 bridgehead atoms. The summed E-state index contributed by atoms with van der Waals surface area (Å²) in [7, 11) is 1.86. The summed E-state index contributed by atoms with van der Waals surface area (Å²) in [6, 6.07) is 1.87. The molecule has 0 radical (unpaired) electrons. The van der Waals surface area contributed by atoms with Crippen LogP contribution in [0.2, 0.25) is 5.15 Å². The van der Waals surface area contributed by atoms with Gasteiger partial charge in [0.25, 0.3) is 0 Å². The van der Waals surface area contributed by atoms with Crippen LogP contribution in [0.4, 0.5) is 0 Å². The molecule has 4 nitrogen and oxygen atoms in total. The molecule has 0 N–H and O–H groups in total. The topological polar surface area (TPSA) is 43.6 Å². The molecule has 0 saturated carbocycles. The average molecular weight is 237 g/mol. The van der Waals surface area contributed by atoms with Gasteiger partial charge in [0.1, 0.15) is 10.8 Å². The van der Waals surface area contributed by atoms with E-state index < -0.39 is 0 Å². The van der Waals surface area contributed by atoms with E-state index in [9.17, 15) is 0 Å². The molecule has 84 valence electrons. The first-order valence-electron chi connectivity index (χ1n) is 5.15. The van der Waals surface area contributed by atoms with Gasteiger partial charge in [-0.3, -0.25) is 4.68 Å². The molecule has 0 atom stereocenters. The Labute approximate surface area is 99.3 Å². The lowest BCUT2D eigenvalue weighted by molar-refractivity contribution is 0.768. The van der Waals surface area contributed by atoms with Crippen molar-refractivity contribution in [2.24, 2.45) is 7.05 Å². The number of aromatic nitrogens is 4. The highest BCUT2D eigenvalue weighted by Crippen LogP contribution is 2.21. The maximum Gasteiger partial charge on any atom is 0.179 e. The van der Waals surface area contributed by atoms with E-state index in [-0.39, 0.29) is 0 Å². The Morgan fingerprint density at radius 3 is 2.62 bits per heavy atom. The highest BCUT2D eigenvalue weighted by Gasteiger charge is 2.11. The molecule has 5 heteroatoms. The standard InChI is InChI=1S/C11H13ClN4/c1-4-8-7(2)14-11(15-10(8)12)9-5-6-13-16(9)3/h5-6H,4H2,1-3H3. The zero-order valence-electron chi connectivity index (χ0n) is 9.53. The largest absolute Gasteiger partial charge is 0.265 e. The van der Waals surface area contributed by atoms with Crippen LogP contribution in [0.25, 0.3) is 11.5 Å². The highest BCUT2D eigenvalue weighted by atomic mass is 35.5. The van der Waals surface area contributed by atoms with E-state index in [0.717, 1.165) is 23.4 Å². The van der Waals surface area contributed by atoms with Crippen molar-refractivity contribution in [3.63, 3.8) is 0 Å². The maximum atomic E-state index is 6.12. The molecule has 0 unspecified atom stereocenters. The van der Waals surface area contributed by atoms with Gasteiger partial charge >= 0.3 is 0 Å². The molecule has 0 aliphatic carbocycles. The predicted octanol–water partition coefficient (Wildman–Crippen LogP) is 2.40. The summed E-state index contributed by atoms with van der Waals surface area (Å²) in [6.45, 7) is 3.99. The molecule has 0 saturated heterocycles. The van der Waals surface area contributed by atoms with E-state index in [1.165, 1.54) is 0 Å². The van der Waals surface area contributed by atoms with E-state index in [2.05, 4.69) is 15.1 Å². The second-order valence-corrected chi connectivity index (χ2v) is 3.95. The first-order chi connectivity index (χ1) is 7.63. The Morgan fingerprint density at radius 1 is 1.38 bits per heavy atom. The lowest BCUT2D eigenvalue weighted by Gasteiger charge is -2.07. The van der Waals surface area contributed by atoms with E-state index in [1.54, 1.807) is 10.9 Å². The lowest BCUT2D eigenvalue weighted by atomic mass is 10.2. The van der Waals surface area contributed by atoms with Crippen LogP contribution in [0.3, 0.4) is 0 Å². The molecule has 2 aromatic rings. The number of hydrogen-bond acceptors (Lipinski definition) is 3. The van der Waals surface area contributed by atoms with Gasteiger partial charge in [0.2, 0.25) is 0 Å². The quantitative estimate of drug-likeness (QED) is 0.752. The van der Waals surface area contributed by atoms with Crippen molar-refractivity contribution in [3.8, 4) is 11.5 Å². The van der Waals surface area contributed by atoms with E-state index in [1.807, 2.05) is 27.0 Å². The van der Waals surface area contributed by atoms with Crippen molar-refractivity contribution in [1.82, 2.24) is 19.7 Å². The zero-order chi connectivity index (χ0) is 11.7. The second kappa shape index (κ2) is 4.22. The lowest BCUT2D eigenvalue weighted by Crippen LogP contribution is -2.02. The summed E-state index contributed by atoms with van der Waals surface area (Å²) in [4.78, 5) is 8.75.